The van der Waals surface area contributed by atoms with E-state index in [2.05, 4.69) is 36.5 Å². The molecule has 2 aromatic carbocycles. The zero-order valence-corrected chi connectivity index (χ0v) is 15.0. The molecular weight excluding hydrogens is 324 g/mol. The van der Waals surface area contributed by atoms with E-state index >= 15 is 0 Å². The molecule has 4 heteroatoms. The van der Waals surface area contributed by atoms with Gasteiger partial charge in [0.15, 0.2) is 18.3 Å². The van der Waals surface area contributed by atoms with Gasteiger partial charge in [-0.1, -0.05) is 67.6 Å². The number of benzene rings is 2. The van der Waals surface area contributed by atoms with Gasteiger partial charge in [-0.2, -0.15) is 0 Å². The summed E-state index contributed by atoms with van der Waals surface area (Å²) in [5, 5.41) is 5.04. The summed E-state index contributed by atoms with van der Waals surface area (Å²) in [7, 11) is 0. The van der Waals surface area contributed by atoms with E-state index in [0.717, 1.165) is 11.3 Å². The van der Waals surface area contributed by atoms with Crippen LogP contribution in [0.4, 0.5) is 0 Å². The first-order valence-electron chi connectivity index (χ1n) is 8.97. The van der Waals surface area contributed by atoms with Gasteiger partial charge in [0.25, 0.3) is 5.91 Å². The Morgan fingerprint density at radius 1 is 0.962 bits per heavy atom. The Morgan fingerprint density at radius 2 is 1.62 bits per heavy atom. The molecular formula is C22H25N2O2+. The highest BCUT2D eigenvalue weighted by atomic mass is 16.3. The van der Waals surface area contributed by atoms with Crippen LogP contribution in [0.15, 0.2) is 83.5 Å². The molecule has 0 radical (unpaired) electrons. The van der Waals surface area contributed by atoms with E-state index < -0.39 is 0 Å². The molecule has 0 aliphatic heterocycles. The van der Waals surface area contributed by atoms with Crippen LogP contribution in [0.2, 0.25) is 0 Å². The van der Waals surface area contributed by atoms with Crippen molar-refractivity contribution in [2.45, 2.75) is 18.9 Å². The van der Waals surface area contributed by atoms with Crippen LogP contribution in [-0.2, 0) is 4.79 Å². The number of nitrogens with two attached hydrogens (primary N) is 1. The van der Waals surface area contributed by atoms with Crippen molar-refractivity contribution in [1.29, 1.82) is 0 Å². The molecule has 0 unspecified atom stereocenters. The Balaban J connectivity index is 1.55. The van der Waals surface area contributed by atoms with E-state index in [1.807, 2.05) is 53.8 Å². The van der Waals surface area contributed by atoms with Gasteiger partial charge >= 0.3 is 0 Å². The number of quaternary nitrogens is 1. The summed E-state index contributed by atoms with van der Waals surface area (Å²) in [6.07, 6.45) is 1.67. The second kappa shape index (κ2) is 9.02. The number of carbonyl (C=O) groups excluding carboxylic acids is 1. The first-order chi connectivity index (χ1) is 12.7. The molecule has 0 saturated carbocycles. The van der Waals surface area contributed by atoms with Gasteiger partial charge in [-0.15, -0.1) is 0 Å². The normalized spacial score (nSPS) is 13.1. The minimum Gasteiger partial charge on any atom is -0.463 e. The molecule has 4 nitrogen and oxygen atoms in total. The fourth-order valence-corrected chi connectivity index (χ4v) is 3.01. The van der Waals surface area contributed by atoms with Crippen molar-refractivity contribution in [3.8, 4) is 0 Å². The van der Waals surface area contributed by atoms with Crippen LogP contribution in [0.3, 0.4) is 0 Å². The summed E-state index contributed by atoms with van der Waals surface area (Å²) in [4.78, 5) is 12.3. The van der Waals surface area contributed by atoms with Gasteiger partial charge in [-0.05, 0) is 23.6 Å². The molecule has 1 aromatic heterocycles. The van der Waals surface area contributed by atoms with Crippen molar-refractivity contribution < 1.29 is 14.5 Å². The molecule has 0 spiro atoms. The number of nitrogens with one attached hydrogen (secondary N) is 1. The molecule has 0 aliphatic carbocycles. The van der Waals surface area contributed by atoms with Gasteiger partial charge in [-0.25, -0.2) is 0 Å². The summed E-state index contributed by atoms with van der Waals surface area (Å²) >= 11 is 0. The van der Waals surface area contributed by atoms with Crippen molar-refractivity contribution in [2.24, 2.45) is 0 Å². The first-order valence-corrected chi connectivity index (χ1v) is 8.97. The Kier molecular flexibility index (Phi) is 6.23. The Hall–Kier alpha value is -2.85. The minimum absolute atomic E-state index is 0.0245. The van der Waals surface area contributed by atoms with E-state index in [4.69, 9.17) is 4.42 Å². The number of hydrogen-bond acceptors (Lipinski definition) is 2. The van der Waals surface area contributed by atoms with Gasteiger partial charge in [-0.3, -0.25) is 4.79 Å². The lowest BCUT2D eigenvalue weighted by molar-refractivity contribution is -0.678. The Morgan fingerprint density at radius 3 is 2.23 bits per heavy atom. The predicted molar refractivity (Wildman–Crippen MR) is 102 cm³/mol. The molecule has 0 fully saturated rings. The maximum atomic E-state index is 12.3. The lowest BCUT2D eigenvalue weighted by Gasteiger charge is -2.15. The average Bonchev–Trinajstić information content (AvgIpc) is 3.22. The molecule has 134 valence electrons. The maximum Gasteiger partial charge on any atom is 0.275 e. The number of amides is 1. The second-order valence-corrected chi connectivity index (χ2v) is 6.46. The van der Waals surface area contributed by atoms with Crippen LogP contribution in [0.5, 0.6) is 0 Å². The summed E-state index contributed by atoms with van der Waals surface area (Å²) in [6.45, 7) is 3.10. The summed E-state index contributed by atoms with van der Waals surface area (Å²) in [6, 6.07) is 24.1. The van der Waals surface area contributed by atoms with Gasteiger partial charge in [0, 0.05) is 12.1 Å². The van der Waals surface area contributed by atoms with E-state index in [0.29, 0.717) is 13.1 Å². The van der Waals surface area contributed by atoms with Crippen LogP contribution in [0.25, 0.3) is 0 Å². The molecule has 0 saturated heterocycles. The molecule has 0 aliphatic rings. The van der Waals surface area contributed by atoms with E-state index in [-0.39, 0.29) is 17.9 Å². The van der Waals surface area contributed by atoms with Gasteiger partial charge in [0.05, 0.1) is 6.26 Å². The highest BCUT2D eigenvalue weighted by Crippen LogP contribution is 2.18. The molecule has 3 rings (SSSR count). The Labute approximate surface area is 154 Å². The summed E-state index contributed by atoms with van der Waals surface area (Å²) in [5.74, 6) is 1.16. The van der Waals surface area contributed by atoms with Crippen molar-refractivity contribution in [2.75, 3.05) is 13.1 Å². The SMILES string of the molecule is C[C@@H](CNC(=O)C[NH2+][C@@H](c1ccccc1)c1ccco1)c1ccccc1. The highest BCUT2D eigenvalue weighted by Gasteiger charge is 2.21. The molecule has 1 amide bonds. The minimum atomic E-state index is -0.0245. The van der Waals surface area contributed by atoms with Crippen molar-refractivity contribution in [3.05, 3.63) is 95.9 Å². The van der Waals surface area contributed by atoms with Gasteiger partial charge in [0.1, 0.15) is 0 Å². The zero-order valence-electron chi connectivity index (χ0n) is 15.0. The summed E-state index contributed by atoms with van der Waals surface area (Å²) in [5.41, 5.74) is 2.35. The second-order valence-electron chi connectivity index (χ2n) is 6.46. The van der Waals surface area contributed by atoms with Crippen molar-refractivity contribution >= 4 is 5.91 Å². The standard InChI is InChI=1S/C22H24N2O2/c1-17(18-9-4-2-5-10-18)15-23-21(25)16-24-22(20-13-8-14-26-20)19-11-6-3-7-12-19/h2-14,17,22,24H,15-16H2,1H3,(H,23,25)/p+1/t17-,22-/m0/s1. The van der Waals surface area contributed by atoms with Crippen LogP contribution < -0.4 is 10.6 Å². The fraction of sp³-hybridized carbons (Fsp3) is 0.227. The van der Waals surface area contributed by atoms with Gasteiger partial charge < -0.3 is 15.1 Å². The fourth-order valence-electron chi connectivity index (χ4n) is 3.01. The van der Waals surface area contributed by atoms with Crippen LogP contribution >= 0.6 is 0 Å². The topological polar surface area (TPSA) is 58.9 Å². The lowest BCUT2D eigenvalue weighted by atomic mass is 10.0. The van der Waals surface area contributed by atoms with Gasteiger partial charge in [0.2, 0.25) is 0 Å². The smallest absolute Gasteiger partial charge is 0.275 e. The quantitative estimate of drug-likeness (QED) is 0.657. The average molecular weight is 349 g/mol. The highest BCUT2D eigenvalue weighted by molar-refractivity contribution is 5.76. The third-order valence-corrected chi connectivity index (χ3v) is 4.52. The maximum absolute atomic E-state index is 12.3. The van der Waals surface area contributed by atoms with Crippen LogP contribution in [0, 0.1) is 0 Å². The molecule has 1 heterocycles. The lowest BCUT2D eigenvalue weighted by Crippen LogP contribution is -2.87. The molecule has 2 atom stereocenters. The molecule has 0 bridgehead atoms. The monoisotopic (exact) mass is 349 g/mol. The predicted octanol–water partition coefficient (Wildman–Crippen LogP) is 2.85. The molecule has 26 heavy (non-hydrogen) atoms. The van der Waals surface area contributed by atoms with Crippen LogP contribution in [0.1, 0.15) is 35.8 Å². The van der Waals surface area contributed by atoms with E-state index in [9.17, 15) is 4.79 Å². The molecule has 3 aromatic rings. The number of furan rings is 1. The first kappa shape index (κ1) is 18.0. The number of rotatable bonds is 8. The van der Waals surface area contributed by atoms with Crippen molar-refractivity contribution in [3.63, 3.8) is 0 Å². The van der Waals surface area contributed by atoms with Crippen molar-refractivity contribution in [1.82, 2.24) is 5.32 Å². The number of carbonyl (C=O) groups is 1. The van der Waals surface area contributed by atoms with Crippen LogP contribution in [-0.4, -0.2) is 19.0 Å². The number of hydrogen-bond donors (Lipinski definition) is 2. The van der Waals surface area contributed by atoms with E-state index in [1.165, 1.54) is 5.56 Å². The summed E-state index contributed by atoms with van der Waals surface area (Å²) < 4.78 is 5.58. The third-order valence-electron chi connectivity index (χ3n) is 4.52. The van der Waals surface area contributed by atoms with E-state index in [1.54, 1.807) is 6.26 Å². The Bertz CT molecular complexity index is 786. The third kappa shape index (κ3) is 4.83. The molecule has 3 N–H and O–H groups in total. The zero-order chi connectivity index (χ0) is 18.2. The largest absolute Gasteiger partial charge is 0.463 e.